The number of rotatable bonds is 1. The maximum atomic E-state index is 3.35. The standard InChI is InChI=1S/C13H13.Ti/c1-10-7-8-13(11(2)9-10)12-5-3-4-6-12;/h3-5,7-8H,6H2,1-2H3;/q-1;. The van der Waals surface area contributed by atoms with Crippen LogP contribution in [0.5, 0.6) is 0 Å². The summed E-state index contributed by atoms with van der Waals surface area (Å²) in [5.41, 5.74) is 5.23. The molecular formula is C13H13Ti-. The van der Waals surface area contributed by atoms with E-state index in [9.17, 15) is 0 Å². The van der Waals surface area contributed by atoms with E-state index in [1.165, 1.54) is 22.3 Å². The molecule has 0 unspecified atom stereocenters. The Morgan fingerprint density at radius 2 is 2.00 bits per heavy atom. The summed E-state index contributed by atoms with van der Waals surface area (Å²) < 4.78 is 0. The molecule has 14 heavy (non-hydrogen) atoms. The molecular weight excluding hydrogens is 204 g/mol. The summed E-state index contributed by atoms with van der Waals surface area (Å²) in [7, 11) is 0. The Morgan fingerprint density at radius 1 is 1.21 bits per heavy atom. The second-order valence-corrected chi connectivity index (χ2v) is 3.50. The van der Waals surface area contributed by atoms with Crippen molar-refractivity contribution < 1.29 is 21.7 Å². The predicted octanol–water partition coefficient (Wildman–Crippen LogP) is 3.44. The molecule has 0 saturated heterocycles. The van der Waals surface area contributed by atoms with E-state index in [1.54, 1.807) is 0 Å². The monoisotopic (exact) mass is 217 g/mol. The topological polar surface area (TPSA) is 0 Å². The predicted molar refractivity (Wildman–Crippen MR) is 56.5 cm³/mol. The summed E-state index contributed by atoms with van der Waals surface area (Å²) in [5.74, 6) is 0. The molecule has 0 nitrogen and oxygen atoms in total. The van der Waals surface area contributed by atoms with Gasteiger partial charge in [-0.15, -0.1) is 5.56 Å². The van der Waals surface area contributed by atoms with Gasteiger partial charge in [-0.2, -0.15) is 29.3 Å². The summed E-state index contributed by atoms with van der Waals surface area (Å²) >= 11 is 0. The molecule has 0 aromatic heterocycles. The molecule has 0 N–H and O–H groups in total. The second kappa shape index (κ2) is 4.77. The molecule has 2 rings (SSSR count). The Labute approximate surface area is 101 Å². The molecule has 1 aromatic rings. The van der Waals surface area contributed by atoms with Gasteiger partial charge in [0.15, 0.2) is 0 Å². The Hall–Kier alpha value is -0.586. The summed E-state index contributed by atoms with van der Waals surface area (Å²) in [6.07, 6.45) is 7.56. The first-order valence-corrected chi connectivity index (χ1v) is 4.63. The van der Waals surface area contributed by atoms with Crippen molar-refractivity contribution in [3.05, 3.63) is 53.1 Å². The van der Waals surface area contributed by atoms with Gasteiger partial charge in [0.25, 0.3) is 0 Å². The molecule has 0 fully saturated rings. The van der Waals surface area contributed by atoms with Crippen molar-refractivity contribution >= 4 is 5.57 Å². The molecule has 0 saturated carbocycles. The quantitative estimate of drug-likeness (QED) is 0.499. The molecule has 1 heteroatoms. The Morgan fingerprint density at radius 3 is 2.57 bits per heavy atom. The van der Waals surface area contributed by atoms with Crippen molar-refractivity contribution in [3.8, 4) is 0 Å². The van der Waals surface area contributed by atoms with E-state index in [-0.39, 0.29) is 21.7 Å². The molecule has 1 aliphatic carbocycles. The fourth-order valence-corrected chi connectivity index (χ4v) is 1.73. The van der Waals surface area contributed by atoms with Gasteiger partial charge < -0.3 is 0 Å². The van der Waals surface area contributed by atoms with E-state index in [4.69, 9.17) is 0 Å². The van der Waals surface area contributed by atoms with Gasteiger partial charge in [0.2, 0.25) is 0 Å². The molecule has 70 valence electrons. The Kier molecular flexibility index (Phi) is 3.91. The number of allylic oxidation sites excluding steroid dienone is 4. The van der Waals surface area contributed by atoms with Gasteiger partial charge in [0, 0.05) is 21.7 Å². The van der Waals surface area contributed by atoms with Gasteiger partial charge in [0.05, 0.1) is 0 Å². The van der Waals surface area contributed by atoms with Gasteiger partial charge in [-0.3, -0.25) is 0 Å². The summed E-state index contributed by atoms with van der Waals surface area (Å²) in [5, 5.41) is 0. The minimum atomic E-state index is 0. The van der Waals surface area contributed by atoms with E-state index < -0.39 is 0 Å². The minimum Gasteiger partial charge on any atom is -0.177 e. The van der Waals surface area contributed by atoms with Crippen molar-refractivity contribution in [1.29, 1.82) is 0 Å². The molecule has 1 aliphatic rings. The molecule has 0 heterocycles. The first-order chi connectivity index (χ1) is 6.27. The van der Waals surface area contributed by atoms with Crippen LogP contribution in [0.25, 0.3) is 5.57 Å². The van der Waals surface area contributed by atoms with Crippen LogP contribution < -0.4 is 0 Å². The third kappa shape index (κ3) is 2.26. The Bertz CT molecular complexity index is 386. The smallest absolute Gasteiger partial charge is 0 e. The van der Waals surface area contributed by atoms with E-state index in [0.29, 0.717) is 0 Å². The van der Waals surface area contributed by atoms with Crippen LogP contribution in [-0.2, 0) is 21.7 Å². The third-order valence-corrected chi connectivity index (χ3v) is 2.41. The van der Waals surface area contributed by atoms with E-state index >= 15 is 0 Å². The van der Waals surface area contributed by atoms with E-state index in [1.807, 2.05) is 0 Å². The first-order valence-electron chi connectivity index (χ1n) is 4.63. The fourth-order valence-electron chi connectivity index (χ4n) is 1.73. The van der Waals surface area contributed by atoms with E-state index in [0.717, 1.165) is 6.42 Å². The zero-order valence-corrected chi connectivity index (χ0v) is 10.2. The van der Waals surface area contributed by atoms with Gasteiger partial charge in [-0.05, 0) is 6.42 Å². The maximum Gasteiger partial charge on any atom is 0 e. The number of aryl methyl sites for hydroxylation is 2. The fraction of sp³-hybridized carbons (Fsp3) is 0.231. The first kappa shape index (κ1) is 11.5. The van der Waals surface area contributed by atoms with Crippen molar-refractivity contribution in [2.75, 3.05) is 0 Å². The number of hydrogen-bond acceptors (Lipinski definition) is 0. The van der Waals surface area contributed by atoms with Crippen LogP contribution in [-0.4, -0.2) is 0 Å². The third-order valence-electron chi connectivity index (χ3n) is 2.41. The summed E-state index contributed by atoms with van der Waals surface area (Å²) in [6, 6.07) is 7.67. The van der Waals surface area contributed by atoms with Crippen LogP contribution in [0, 0.1) is 19.9 Å². The van der Waals surface area contributed by atoms with Crippen LogP contribution in [0.4, 0.5) is 0 Å². The van der Waals surface area contributed by atoms with Gasteiger partial charge in [-0.1, -0.05) is 37.6 Å². The van der Waals surface area contributed by atoms with Gasteiger partial charge in [-0.25, -0.2) is 0 Å². The molecule has 0 bridgehead atoms. The van der Waals surface area contributed by atoms with Crippen molar-refractivity contribution in [1.82, 2.24) is 0 Å². The normalized spacial score (nSPS) is 13.7. The maximum absolute atomic E-state index is 3.35. The average Bonchev–Trinajstić information content (AvgIpc) is 2.56. The molecule has 0 aliphatic heterocycles. The summed E-state index contributed by atoms with van der Waals surface area (Å²) in [6.45, 7) is 4.21. The minimum absolute atomic E-state index is 0. The van der Waals surface area contributed by atoms with Crippen LogP contribution in [0.15, 0.2) is 30.4 Å². The molecule has 0 radical (unpaired) electrons. The van der Waals surface area contributed by atoms with Crippen LogP contribution >= 0.6 is 0 Å². The summed E-state index contributed by atoms with van der Waals surface area (Å²) in [4.78, 5) is 0. The van der Waals surface area contributed by atoms with Gasteiger partial charge in [0.1, 0.15) is 0 Å². The largest absolute Gasteiger partial charge is 0.177 e. The average molecular weight is 217 g/mol. The SMILES string of the molecule is Cc1[c-]c(C)c(C2=CC=CC2)cc1.[Ti]. The molecule has 0 atom stereocenters. The molecule has 0 amide bonds. The van der Waals surface area contributed by atoms with Crippen molar-refractivity contribution in [2.24, 2.45) is 0 Å². The Balaban J connectivity index is 0.000000980. The number of benzene rings is 1. The van der Waals surface area contributed by atoms with Crippen molar-refractivity contribution in [3.63, 3.8) is 0 Å². The van der Waals surface area contributed by atoms with Crippen LogP contribution in [0.3, 0.4) is 0 Å². The molecule has 0 spiro atoms. The zero-order valence-electron chi connectivity index (χ0n) is 8.59. The zero-order chi connectivity index (χ0) is 9.26. The van der Waals surface area contributed by atoms with Crippen LogP contribution in [0.1, 0.15) is 23.1 Å². The number of hydrogen-bond donors (Lipinski definition) is 0. The molecule has 1 aromatic carbocycles. The van der Waals surface area contributed by atoms with Gasteiger partial charge >= 0.3 is 0 Å². The van der Waals surface area contributed by atoms with E-state index in [2.05, 4.69) is 50.3 Å². The van der Waals surface area contributed by atoms with Crippen LogP contribution in [0.2, 0.25) is 0 Å². The second-order valence-electron chi connectivity index (χ2n) is 3.50. The van der Waals surface area contributed by atoms with Crippen molar-refractivity contribution in [2.45, 2.75) is 20.3 Å².